The zero-order valence-corrected chi connectivity index (χ0v) is 11.6. The van der Waals surface area contributed by atoms with E-state index in [0.29, 0.717) is 5.02 Å². The lowest BCUT2D eigenvalue weighted by atomic mass is 10.1. The van der Waals surface area contributed by atoms with Crippen LogP contribution in [-0.2, 0) is 0 Å². The molecule has 2 aromatic carbocycles. The van der Waals surface area contributed by atoms with E-state index in [4.69, 9.17) is 16.3 Å². The predicted octanol–water partition coefficient (Wildman–Crippen LogP) is 3.80. The fraction of sp³-hybridized carbons (Fsp3) is 0.0667. The highest BCUT2D eigenvalue weighted by Crippen LogP contribution is 2.30. The predicted molar refractivity (Wildman–Crippen MR) is 78.8 cm³/mol. The lowest BCUT2D eigenvalue weighted by molar-refractivity contribution is 0.415. The summed E-state index contributed by atoms with van der Waals surface area (Å²) in [6, 6.07) is 15.2. The Kier molecular flexibility index (Phi) is 3.39. The maximum atomic E-state index is 6.02. The summed E-state index contributed by atoms with van der Waals surface area (Å²) in [5, 5.41) is 11.8. The van der Waals surface area contributed by atoms with Gasteiger partial charge in [0.1, 0.15) is 17.1 Å². The van der Waals surface area contributed by atoms with Crippen LogP contribution in [0.1, 0.15) is 0 Å². The van der Waals surface area contributed by atoms with Crippen LogP contribution in [0.2, 0.25) is 5.02 Å². The molecule has 5 heteroatoms. The topological polar surface area (TPSA) is 50.8 Å². The molecule has 3 aromatic rings. The Balaban J connectivity index is 2.05. The van der Waals surface area contributed by atoms with Crippen molar-refractivity contribution in [1.82, 2.24) is 15.4 Å². The number of H-pyrrole nitrogens is 1. The molecule has 20 heavy (non-hydrogen) atoms. The van der Waals surface area contributed by atoms with Crippen LogP contribution >= 0.6 is 11.6 Å². The lowest BCUT2D eigenvalue weighted by Gasteiger charge is -2.03. The number of ether oxygens (including phenoxy) is 1. The molecule has 1 heterocycles. The summed E-state index contributed by atoms with van der Waals surface area (Å²) in [6.45, 7) is 0. The third kappa shape index (κ3) is 2.38. The second kappa shape index (κ2) is 5.35. The smallest absolute Gasteiger partial charge is 0.120 e. The third-order valence-electron chi connectivity index (χ3n) is 3.01. The number of halogens is 1. The quantitative estimate of drug-likeness (QED) is 0.796. The highest BCUT2D eigenvalue weighted by atomic mass is 35.5. The first kappa shape index (κ1) is 12.7. The highest BCUT2D eigenvalue weighted by Gasteiger charge is 2.12. The Morgan fingerprint density at radius 1 is 0.950 bits per heavy atom. The fourth-order valence-corrected chi connectivity index (χ4v) is 2.21. The molecule has 0 aliphatic carbocycles. The van der Waals surface area contributed by atoms with Gasteiger partial charge in [0.05, 0.1) is 7.11 Å². The molecule has 0 saturated carbocycles. The number of hydrogen-bond donors (Lipinski definition) is 1. The summed E-state index contributed by atoms with van der Waals surface area (Å²) in [6.07, 6.45) is 0. The van der Waals surface area contributed by atoms with Gasteiger partial charge in [-0.05, 0) is 36.4 Å². The molecule has 0 fully saturated rings. The first-order chi connectivity index (χ1) is 9.78. The van der Waals surface area contributed by atoms with Gasteiger partial charge in [-0.25, -0.2) is 0 Å². The molecular weight excluding hydrogens is 274 g/mol. The lowest BCUT2D eigenvalue weighted by Crippen LogP contribution is -1.86. The van der Waals surface area contributed by atoms with E-state index in [0.717, 1.165) is 28.3 Å². The molecule has 0 aliphatic rings. The number of rotatable bonds is 3. The van der Waals surface area contributed by atoms with Crippen LogP contribution in [0, 0.1) is 0 Å². The van der Waals surface area contributed by atoms with E-state index in [9.17, 15) is 0 Å². The van der Waals surface area contributed by atoms with Crippen LogP contribution < -0.4 is 4.74 Å². The molecule has 3 rings (SSSR count). The Hall–Kier alpha value is -2.33. The number of aromatic amines is 1. The van der Waals surface area contributed by atoms with Gasteiger partial charge in [-0.2, -0.15) is 15.4 Å². The first-order valence-corrected chi connectivity index (χ1v) is 6.47. The molecule has 0 bridgehead atoms. The van der Waals surface area contributed by atoms with Crippen LogP contribution in [0.4, 0.5) is 0 Å². The molecule has 100 valence electrons. The van der Waals surface area contributed by atoms with E-state index in [1.165, 1.54) is 0 Å². The minimum absolute atomic E-state index is 0.672. The van der Waals surface area contributed by atoms with Gasteiger partial charge in [-0.1, -0.05) is 23.7 Å². The monoisotopic (exact) mass is 285 g/mol. The second-order valence-corrected chi connectivity index (χ2v) is 4.70. The average molecular weight is 286 g/mol. The molecule has 0 saturated heterocycles. The first-order valence-electron chi connectivity index (χ1n) is 6.09. The standard InChI is InChI=1S/C15H12ClN3O/c1-20-13-7-5-10(6-8-13)14-15(18-19-17-14)11-3-2-4-12(16)9-11/h2-9H,1H3,(H,17,18,19). The van der Waals surface area contributed by atoms with Gasteiger partial charge >= 0.3 is 0 Å². The van der Waals surface area contributed by atoms with Crippen LogP contribution in [0.3, 0.4) is 0 Å². The van der Waals surface area contributed by atoms with Crippen molar-refractivity contribution in [3.8, 4) is 28.3 Å². The van der Waals surface area contributed by atoms with E-state index >= 15 is 0 Å². The van der Waals surface area contributed by atoms with Crippen LogP contribution in [0.15, 0.2) is 48.5 Å². The summed E-state index contributed by atoms with van der Waals surface area (Å²) < 4.78 is 5.16. The number of methoxy groups -OCH3 is 1. The summed E-state index contributed by atoms with van der Waals surface area (Å²) in [4.78, 5) is 0. The number of aromatic nitrogens is 3. The van der Waals surface area contributed by atoms with Crippen molar-refractivity contribution in [2.75, 3.05) is 7.11 Å². The number of nitrogens with one attached hydrogen (secondary N) is 1. The van der Waals surface area contributed by atoms with Gasteiger partial charge < -0.3 is 4.74 Å². The molecule has 0 aliphatic heterocycles. The van der Waals surface area contributed by atoms with Crippen molar-refractivity contribution in [3.63, 3.8) is 0 Å². The van der Waals surface area contributed by atoms with Gasteiger partial charge in [-0.3, -0.25) is 0 Å². The zero-order valence-electron chi connectivity index (χ0n) is 10.8. The third-order valence-corrected chi connectivity index (χ3v) is 3.24. The van der Waals surface area contributed by atoms with Crippen molar-refractivity contribution < 1.29 is 4.74 Å². The Morgan fingerprint density at radius 3 is 2.30 bits per heavy atom. The van der Waals surface area contributed by atoms with Gasteiger partial charge in [0.15, 0.2) is 0 Å². The van der Waals surface area contributed by atoms with Gasteiger partial charge in [0, 0.05) is 16.1 Å². The Bertz CT molecular complexity index is 722. The molecule has 0 atom stereocenters. The SMILES string of the molecule is COc1ccc(-c2n[nH]nc2-c2cccc(Cl)c2)cc1. The van der Waals surface area contributed by atoms with E-state index in [1.807, 2.05) is 48.5 Å². The largest absolute Gasteiger partial charge is 0.497 e. The molecule has 4 nitrogen and oxygen atoms in total. The number of benzene rings is 2. The molecule has 0 unspecified atom stereocenters. The Morgan fingerprint density at radius 2 is 1.65 bits per heavy atom. The van der Waals surface area contributed by atoms with E-state index in [2.05, 4.69) is 15.4 Å². The van der Waals surface area contributed by atoms with Crippen molar-refractivity contribution >= 4 is 11.6 Å². The van der Waals surface area contributed by atoms with Crippen LogP contribution in [0.25, 0.3) is 22.5 Å². The maximum absolute atomic E-state index is 6.02. The summed E-state index contributed by atoms with van der Waals surface area (Å²) in [5.41, 5.74) is 3.46. The highest BCUT2D eigenvalue weighted by molar-refractivity contribution is 6.30. The fourth-order valence-electron chi connectivity index (χ4n) is 2.02. The van der Waals surface area contributed by atoms with Gasteiger partial charge in [0.25, 0.3) is 0 Å². The van der Waals surface area contributed by atoms with E-state index in [-0.39, 0.29) is 0 Å². The van der Waals surface area contributed by atoms with Crippen molar-refractivity contribution in [2.24, 2.45) is 0 Å². The normalized spacial score (nSPS) is 10.5. The van der Waals surface area contributed by atoms with E-state index in [1.54, 1.807) is 7.11 Å². The van der Waals surface area contributed by atoms with Crippen LogP contribution in [-0.4, -0.2) is 22.5 Å². The summed E-state index contributed by atoms with van der Waals surface area (Å²) >= 11 is 6.02. The van der Waals surface area contributed by atoms with Gasteiger partial charge in [-0.15, -0.1) is 0 Å². The van der Waals surface area contributed by atoms with Crippen molar-refractivity contribution in [2.45, 2.75) is 0 Å². The summed E-state index contributed by atoms with van der Waals surface area (Å²) in [7, 11) is 1.64. The van der Waals surface area contributed by atoms with Crippen LogP contribution in [0.5, 0.6) is 5.75 Å². The molecule has 0 spiro atoms. The zero-order chi connectivity index (χ0) is 13.9. The molecule has 0 radical (unpaired) electrons. The molecule has 1 aromatic heterocycles. The van der Waals surface area contributed by atoms with E-state index < -0.39 is 0 Å². The summed E-state index contributed by atoms with van der Waals surface area (Å²) in [5.74, 6) is 0.807. The average Bonchev–Trinajstić information content (AvgIpc) is 2.97. The van der Waals surface area contributed by atoms with Crippen molar-refractivity contribution in [1.29, 1.82) is 0 Å². The maximum Gasteiger partial charge on any atom is 0.120 e. The minimum Gasteiger partial charge on any atom is -0.497 e. The minimum atomic E-state index is 0.672. The number of nitrogens with zero attached hydrogens (tertiary/aromatic N) is 2. The van der Waals surface area contributed by atoms with Gasteiger partial charge in [0.2, 0.25) is 0 Å². The number of hydrogen-bond acceptors (Lipinski definition) is 3. The Labute approximate surface area is 121 Å². The molecule has 0 amide bonds. The molecule has 1 N–H and O–H groups in total. The van der Waals surface area contributed by atoms with Crippen molar-refractivity contribution in [3.05, 3.63) is 53.6 Å². The molecular formula is C15H12ClN3O. The second-order valence-electron chi connectivity index (χ2n) is 4.26.